The molecule has 0 atom stereocenters. The largest absolute Gasteiger partial charge is 0.484 e. The molecular weight excluding hydrogens is 394 g/mol. The van der Waals surface area contributed by atoms with Gasteiger partial charge in [0.15, 0.2) is 12.3 Å². The molecule has 1 aromatic carbocycles. The molecule has 2 aliphatic rings. The van der Waals surface area contributed by atoms with Crippen molar-refractivity contribution in [3.63, 3.8) is 0 Å². The number of nitrogens with one attached hydrogen (secondary N) is 1. The second-order valence-corrected chi connectivity index (χ2v) is 8.13. The maximum absolute atomic E-state index is 12.3. The van der Waals surface area contributed by atoms with E-state index in [1.165, 1.54) is 6.42 Å². The van der Waals surface area contributed by atoms with Gasteiger partial charge in [-0.1, -0.05) is 6.07 Å². The molecule has 3 aromatic rings. The first-order valence-corrected chi connectivity index (χ1v) is 10.8. The highest BCUT2D eigenvalue weighted by atomic mass is 16.5. The van der Waals surface area contributed by atoms with Crippen LogP contribution in [-0.4, -0.2) is 51.0 Å². The standard InChI is InChI=1S/C23H25N5O3/c29-21(27-13-2-1-3-14-27)15-31-18-11-9-16(10-12-18)19-5-4-6-20-24-23(26-28(19)20)25-22(30)17-7-8-17/h4-6,9-12,17H,1-3,7-8,13-15H2,(H,25,26,30). The number of carbonyl (C=O) groups excluding carboxylic acids is 2. The molecule has 1 N–H and O–H groups in total. The van der Waals surface area contributed by atoms with Gasteiger partial charge in [-0.15, -0.1) is 5.10 Å². The van der Waals surface area contributed by atoms with Gasteiger partial charge in [0, 0.05) is 24.6 Å². The first-order valence-electron chi connectivity index (χ1n) is 10.8. The Balaban J connectivity index is 1.28. The van der Waals surface area contributed by atoms with Crippen LogP contribution in [0.4, 0.5) is 5.95 Å². The Kier molecular flexibility index (Phi) is 5.28. The van der Waals surface area contributed by atoms with Crippen LogP contribution in [0.1, 0.15) is 32.1 Å². The highest BCUT2D eigenvalue weighted by Gasteiger charge is 2.30. The number of likely N-dealkylation sites (tertiary alicyclic amines) is 1. The summed E-state index contributed by atoms with van der Waals surface area (Å²) in [4.78, 5) is 30.6. The average molecular weight is 419 g/mol. The molecule has 3 heterocycles. The van der Waals surface area contributed by atoms with E-state index in [0.717, 1.165) is 50.0 Å². The van der Waals surface area contributed by atoms with Crippen molar-refractivity contribution in [1.82, 2.24) is 19.5 Å². The molecule has 2 fully saturated rings. The van der Waals surface area contributed by atoms with E-state index < -0.39 is 0 Å². The highest BCUT2D eigenvalue weighted by molar-refractivity contribution is 5.92. The van der Waals surface area contributed by atoms with E-state index >= 15 is 0 Å². The number of carbonyl (C=O) groups is 2. The summed E-state index contributed by atoms with van der Waals surface area (Å²) in [6.07, 6.45) is 5.20. The van der Waals surface area contributed by atoms with Gasteiger partial charge in [0.1, 0.15) is 5.75 Å². The zero-order chi connectivity index (χ0) is 21.2. The maximum Gasteiger partial charge on any atom is 0.260 e. The number of anilines is 1. The number of ether oxygens (including phenoxy) is 1. The quantitative estimate of drug-likeness (QED) is 0.663. The summed E-state index contributed by atoms with van der Waals surface area (Å²) < 4.78 is 7.42. The second kappa shape index (κ2) is 8.37. The predicted octanol–water partition coefficient (Wildman–Crippen LogP) is 3.14. The van der Waals surface area contributed by atoms with Crippen molar-refractivity contribution in [2.24, 2.45) is 5.92 Å². The van der Waals surface area contributed by atoms with Gasteiger partial charge < -0.3 is 9.64 Å². The number of nitrogens with zero attached hydrogens (tertiary/aromatic N) is 4. The van der Waals surface area contributed by atoms with Crippen molar-refractivity contribution in [2.45, 2.75) is 32.1 Å². The fourth-order valence-electron chi connectivity index (χ4n) is 3.84. The molecule has 1 saturated heterocycles. The lowest BCUT2D eigenvalue weighted by atomic mass is 10.1. The number of benzene rings is 1. The third-order valence-corrected chi connectivity index (χ3v) is 5.76. The number of piperidine rings is 1. The van der Waals surface area contributed by atoms with Crippen molar-refractivity contribution in [3.8, 4) is 17.0 Å². The molecule has 0 spiro atoms. The van der Waals surface area contributed by atoms with Crippen molar-refractivity contribution >= 4 is 23.4 Å². The average Bonchev–Trinajstić information content (AvgIpc) is 3.58. The molecule has 8 nitrogen and oxygen atoms in total. The fraction of sp³-hybridized carbons (Fsp3) is 0.391. The van der Waals surface area contributed by atoms with Crippen molar-refractivity contribution < 1.29 is 14.3 Å². The van der Waals surface area contributed by atoms with Gasteiger partial charge in [-0.2, -0.15) is 4.98 Å². The maximum atomic E-state index is 12.3. The summed E-state index contributed by atoms with van der Waals surface area (Å²) in [7, 11) is 0. The lowest BCUT2D eigenvalue weighted by Gasteiger charge is -2.26. The number of hydrogen-bond donors (Lipinski definition) is 1. The molecular formula is C23H25N5O3. The molecule has 5 rings (SSSR count). The fourth-order valence-corrected chi connectivity index (χ4v) is 3.84. The number of pyridine rings is 1. The first kappa shape index (κ1) is 19.5. The van der Waals surface area contributed by atoms with Crippen LogP contribution in [-0.2, 0) is 9.59 Å². The number of hydrogen-bond acceptors (Lipinski definition) is 5. The third-order valence-electron chi connectivity index (χ3n) is 5.76. The molecule has 0 bridgehead atoms. The smallest absolute Gasteiger partial charge is 0.260 e. The van der Waals surface area contributed by atoms with Crippen LogP contribution in [0.5, 0.6) is 5.75 Å². The van der Waals surface area contributed by atoms with E-state index in [-0.39, 0.29) is 24.3 Å². The normalized spacial score (nSPS) is 16.3. The number of amides is 2. The van der Waals surface area contributed by atoms with Crippen molar-refractivity contribution in [1.29, 1.82) is 0 Å². The molecule has 1 saturated carbocycles. The first-order chi connectivity index (χ1) is 15.2. The summed E-state index contributed by atoms with van der Waals surface area (Å²) in [6.45, 7) is 1.71. The summed E-state index contributed by atoms with van der Waals surface area (Å²) in [5, 5.41) is 7.26. The summed E-state index contributed by atoms with van der Waals surface area (Å²) in [5.74, 6) is 1.09. The van der Waals surface area contributed by atoms with Crippen LogP contribution >= 0.6 is 0 Å². The Hall–Kier alpha value is -3.42. The second-order valence-electron chi connectivity index (χ2n) is 8.13. The van der Waals surface area contributed by atoms with Crippen molar-refractivity contribution in [2.75, 3.05) is 25.0 Å². The lowest BCUT2D eigenvalue weighted by molar-refractivity contribution is -0.134. The molecule has 0 unspecified atom stereocenters. The summed E-state index contributed by atoms with van der Waals surface area (Å²) in [6, 6.07) is 13.3. The Morgan fingerprint density at radius 3 is 2.55 bits per heavy atom. The third kappa shape index (κ3) is 4.38. The van der Waals surface area contributed by atoms with E-state index in [2.05, 4.69) is 15.4 Å². The van der Waals surface area contributed by atoms with Crippen molar-refractivity contribution in [3.05, 3.63) is 42.5 Å². The van der Waals surface area contributed by atoms with Gasteiger partial charge in [0.05, 0.1) is 5.69 Å². The SMILES string of the molecule is O=C(Nc1nc2cccc(-c3ccc(OCC(=O)N4CCCCC4)cc3)n2n1)C1CC1. The molecule has 1 aliphatic heterocycles. The molecule has 8 heteroatoms. The van der Waals surface area contributed by atoms with Crippen LogP contribution in [0, 0.1) is 5.92 Å². The Labute approximate surface area is 180 Å². The molecule has 31 heavy (non-hydrogen) atoms. The van der Waals surface area contributed by atoms with E-state index in [0.29, 0.717) is 17.3 Å². The molecule has 160 valence electrons. The van der Waals surface area contributed by atoms with Gasteiger partial charge in [0.2, 0.25) is 11.9 Å². The summed E-state index contributed by atoms with van der Waals surface area (Å²) >= 11 is 0. The van der Waals surface area contributed by atoms with Crippen LogP contribution in [0.3, 0.4) is 0 Å². The molecule has 1 aliphatic carbocycles. The number of aromatic nitrogens is 3. The minimum Gasteiger partial charge on any atom is -0.484 e. The zero-order valence-corrected chi connectivity index (χ0v) is 17.3. The number of rotatable bonds is 6. The van der Waals surface area contributed by atoms with Crippen LogP contribution in [0.2, 0.25) is 0 Å². The van der Waals surface area contributed by atoms with E-state index in [9.17, 15) is 9.59 Å². The van der Waals surface area contributed by atoms with Gasteiger partial charge in [-0.3, -0.25) is 14.9 Å². The van der Waals surface area contributed by atoms with Gasteiger partial charge in [-0.05, 0) is 68.5 Å². The topological polar surface area (TPSA) is 88.8 Å². The zero-order valence-electron chi connectivity index (χ0n) is 17.3. The Morgan fingerprint density at radius 1 is 1.03 bits per heavy atom. The van der Waals surface area contributed by atoms with Gasteiger partial charge in [-0.25, -0.2) is 4.52 Å². The highest BCUT2D eigenvalue weighted by Crippen LogP contribution is 2.30. The molecule has 2 aromatic heterocycles. The van der Waals surface area contributed by atoms with E-state index in [4.69, 9.17) is 4.74 Å². The minimum atomic E-state index is -0.0157. The minimum absolute atomic E-state index is 0.0157. The lowest BCUT2D eigenvalue weighted by Crippen LogP contribution is -2.38. The summed E-state index contributed by atoms with van der Waals surface area (Å²) in [5.41, 5.74) is 2.45. The van der Waals surface area contributed by atoms with Gasteiger partial charge >= 0.3 is 0 Å². The van der Waals surface area contributed by atoms with E-state index in [1.807, 2.05) is 47.4 Å². The van der Waals surface area contributed by atoms with Gasteiger partial charge in [0.25, 0.3) is 5.91 Å². The predicted molar refractivity (Wildman–Crippen MR) is 116 cm³/mol. The Morgan fingerprint density at radius 2 is 1.81 bits per heavy atom. The number of fused-ring (bicyclic) bond motifs is 1. The van der Waals surface area contributed by atoms with Crippen LogP contribution in [0.15, 0.2) is 42.5 Å². The monoisotopic (exact) mass is 419 g/mol. The van der Waals surface area contributed by atoms with E-state index in [1.54, 1.807) is 4.52 Å². The van der Waals surface area contributed by atoms with Crippen LogP contribution in [0.25, 0.3) is 16.9 Å². The molecule has 2 amide bonds. The molecule has 0 radical (unpaired) electrons. The van der Waals surface area contributed by atoms with Crippen LogP contribution < -0.4 is 10.1 Å². The Bertz CT molecular complexity index is 1100.